The van der Waals surface area contributed by atoms with Crippen LogP contribution in [0.3, 0.4) is 0 Å². The molecular formula is C18H26N2O. The molecule has 1 aromatic rings. The van der Waals surface area contributed by atoms with Crippen LogP contribution >= 0.6 is 0 Å². The number of benzene rings is 1. The Bertz CT molecular complexity index is 532. The molecular weight excluding hydrogens is 260 g/mol. The van der Waals surface area contributed by atoms with Crippen molar-refractivity contribution in [3.8, 4) is 0 Å². The molecule has 1 aromatic carbocycles. The zero-order chi connectivity index (χ0) is 15.0. The van der Waals surface area contributed by atoms with Crippen molar-refractivity contribution in [2.75, 3.05) is 6.54 Å². The Labute approximate surface area is 127 Å². The molecule has 1 aliphatic carbocycles. The van der Waals surface area contributed by atoms with Gasteiger partial charge in [0.1, 0.15) is 6.17 Å². The highest BCUT2D eigenvalue weighted by Gasteiger charge is 2.38. The fourth-order valence-electron chi connectivity index (χ4n) is 3.84. The number of hydrogen-bond donors (Lipinski definition) is 1. The van der Waals surface area contributed by atoms with Crippen LogP contribution in [0.4, 0.5) is 0 Å². The van der Waals surface area contributed by atoms with Crippen LogP contribution in [0.2, 0.25) is 0 Å². The Balaban J connectivity index is 1.85. The summed E-state index contributed by atoms with van der Waals surface area (Å²) in [7, 11) is 0. The Morgan fingerprint density at radius 2 is 1.86 bits per heavy atom. The van der Waals surface area contributed by atoms with Crippen molar-refractivity contribution in [2.24, 2.45) is 5.92 Å². The Kier molecular flexibility index (Phi) is 4.03. The van der Waals surface area contributed by atoms with Gasteiger partial charge in [-0.05, 0) is 56.6 Å². The number of hydrogen-bond acceptors (Lipinski definition) is 2. The fraction of sp³-hybridized carbons (Fsp3) is 0.611. The molecule has 0 radical (unpaired) electrons. The Morgan fingerprint density at radius 1 is 1.14 bits per heavy atom. The van der Waals surface area contributed by atoms with Crippen molar-refractivity contribution in [1.82, 2.24) is 10.2 Å². The van der Waals surface area contributed by atoms with Crippen molar-refractivity contribution in [1.29, 1.82) is 0 Å². The van der Waals surface area contributed by atoms with E-state index in [0.717, 1.165) is 18.8 Å². The summed E-state index contributed by atoms with van der Waals surface area (Å²) in [6, 6.07) is 6.95. The van der Waals surface area contributed by atoms with E-state index in [1.807, 2.05) is 0 Å². The second kappa shape index (κ2) is 5.80. The summed E-state index contributed by atoms with van der Waals surface area (Å²) in [6.45, 7) is 7.06. The lowest BCUT2D eigenvalue weighted by atomic mass is 9.86. The molecule has 1 N–H and O–H groups in total. The van der Waals surface area contributed by atoms with Gasteiger partial charge < -0.3 is 4.90 Å². The van der Waals surface area contributed by atoms with Gasteiger partial charge in [-0.15, -0.1) is 0 Å². The van der Waals surface area contributed by atoms with Crippen molar-refractivity contribution in [3.63, 3.8) is 0 Å². The summed E-state index contributed by atoms with van der Waals surface area (Å²) in [4.78, 5) is 14.5. The van der Waals surface area contributed by atoms with E-state index in [2.05, 4.69) is 49.2 Å². The Morgan fingerprint density at radius 3 is 2.52 bits per heavy atom. The number of nitrogens with zero attached hydrogens (tertiary/aromatic N) is 1. The molecule has 1 heterocycles. The topological polar surface area (TPSA) is 32.3 Å². The number of rotatable bonds is 2. The van der Waals surface area contributed by atoms with Gasteiger partial charge in [-0.2, -0.15) is 0 Å². The molecule has 1 atom stereocenters. The van der Waals surface area contributed by atoms with Crippen LogP contribution in [0, 0.1) is 19.8 Å². The second-order valence-corrected chi connectivity index (χ2v) is 6.86. The van der Waals surface area contributed by atoms with Crippen molar-refractivity contribution >= 4 is 5.91 Å². The van der Waals surface area contributed by atoms with Gasteiger partial charge in [-0.1, -0.05) is 30.7 Å². The third-order valence-electron chi connectivity index (χ3n) is 5.11. The quantitative estimate of drug-likeness (QED) is 0.904. The van der Waals surface area contributed by atoms with E-state index in [-0.39, 0.29) is 12.1 Å². The first-order chi connectivity index (χ1) is 10.1. The molecule has 0 aromatic heterocycles. The maximum atomic E-state index is 12.4. The van der Waals surface area contributed by atoms with Crippen LogP contribution in [0.15, 0.2) is 18.2 Å². The number of amides is 1. The first kappa shape index (κ1) is 14.6. The molecule has 0 spiro atoms. The second-order valence-electron chi connectivity index (χ2n) is 6.86. The molecule has 21 heavy (non-hydrogen) atoms. The standard InChI is InChI=1S/C18H26N2O/c1-12-4-7-15(8-5-12)20-17(21)11-19-18(20)16-9-6-13(2)10-14(16)3/h6,9-10,12,15,18-19H,4-5,7-8,11H2,1-3H3. The number of nitrogens with one attached hydrogen (secondary N) is 1. The molecule has 1 amide bonds. The SMILES string of the molecule is Cc1ccc(C2NCC(=O)N2C2CCC(C)CC2)c(C)c1. The lowest BCUT2D eigenvalue weighted by molar-refractivity contribution is -0.131. The first-order valence-corrected chi connectivity index (χ1v) is 8.18. The maximum Gasteiger partial charge on any atom is 0.238 e. The van der Waals surface area contributed by atoms with E-state index < -0.39 is 0 Å². The summed E-state index contributed by atoms with van der Waals surface area (Å²) in [6.07, 6.45) is 4.85. The van der Waals surface area contributed by atoms with Gasteiger partial charge in [0.25, 0.3) is 0 Å². The summed E-state index contributed by atoms with van der Waals surface area (Å²) in [5.74, 6) is 1.08. The smallest absolute Gasteiger partial charge is 0.238 e. The van der Waals surface area contributed by atoms with E-state index in [0.29, 0.717) is 12.6 Å². The van der Waals surface area contributed by atoms with Gasteiger partial charge in [-0.25, -0.2) is 0 Å². The zero-order valence-corrected chi connectivity index (χ0v) is 13.4. The van der Waals surface area contributed by atoms with Gasteiger partial charge in [0.05, 0.1) is 6.54 Å². The van der Waals surface area contributed by atoms with Gasteiger partial charge >= 0.3 is 0 Å². The summed E-state index contributed by atoms with van der Waals surface area (Å²) < 4.78 is 0. The highest BCUT2D eigenvalue weighted by Crippen LogP contribution is 2.34. The number of aryl methyl sites for hydroxylation is 2. The fourth-order valence-corrected chi connectivity index (χ4v) is 3.84. The third kappa shape index (κ3) is 2.84. The highest BCUT2D eigenvalue weighted by molar-refractivity contribution is 5.81. The van der Waals surface area contributed by atoms with Crippen LogP contribution in [0.25, 0.3) is 0 Å². The van der Waals surface area contributed by atoms with Crippen molar-refractivity contribution in [3.05, 3.63) is 34.9 Å². The van der Waals surface area contributed by atoms with E-state index in [4.69, 9.17) is 0 Å². The van der Waals surface area contributed by atoms with Crippen LogP contribution in [0.1, 0.15) is 55.5 Å². The van der Waals surface area contributed by atoms with Crippen LogP contribution in [-0.2, 0) is 4.79 Å². The van der Waals surface area contributed by atoms with E-state index >= 15 is 0 Å². The summed E-state index contributed by atoms with van der Waals surface area (Å²) in [5.41, 5.74) is 3.81. The normalized spacial score (nSPS) is 30.0. The number of carbonyl (C=O) groups excluding carboxylic acids is 1. The summed E-state index contributed by atoms with van der Waals surface area (Å²) >= 11 is 0. The molecule has 3 nitrogen and oxygen atoms in total. The molecule has 2 fully saturated rings. The molecule has 2 aliphatic rings. The third-order valence-corrected chi connectivity index (χ3v) is 5.11. The largest absolute Gasteiger partial charge is 0.319 e. The molecule has 1 saturated carbocycles. The van der Waals surface area contributed by atoms with Crippen molar-refractivity contribution < 1.29 is 4.79 Å². The molecule has 1 aliphatic heterocycles. The lowest BCUT2D eigenvalue weighted by Gasteiger charge is -2.37. The van der Waals surface area contributed by atoms with Crippen LogP contribution in [0.5, 0.6) is 0 Å². The number of carbonyl (C=O) groups is 1. The minimum absolute atomic E-state index is 0.0662. The lowest BCUT2D eigenvalue weighted by Crippen LogP contribution is -2.41. The predicted octanol–water partition coefficient (Wildman–Crippen LogP) is 3.31. The molecule has 3 rings (SSSR count). The minimum Gasteiger partial charge on any atom is -0.319 e. The molecule has 1 saturated heterocycles. The molecule has 114 valence electrons. The van der Waals surface area contributed by atoms with Gasteiger partial charge in [-0.3, -0.25) is 10.1 Å². The van der Waals surface area contributed by atoms with Crippen molar-refractivity contribution in [2.45, 2.75) is 58.7 Å². The van der Waals surface area contributed by atoms with Crippen LogP contribution < -0.4 is 5.32 Å². The Hall–Kier alpha value is -1.35. The summed E-state index contributed by atoms with van der Waals surface area (Å²) in [5, 5.41) is 3.42. The molecule has 0 bridgehead atoms. The predicted molar refractivity (Wildman–Crippen MR) is 84.9 cm³/mol. The van der Waals surface area contributed by atoms with Gasteiger partial charge in [0, 0.05) is 6.04 Å². The monoisotopic (exact) mass is 286 g/mol. The average molecular weight is 286 g/mol. The average Bonchev–Trinajstić information content (AvgIpc) is 2.82. The molecule has 3 heteroatoms. The molecule has 1 unspecified atom stereocenters. The van der Waals surface area contributed by atoms with Gasteiger partial charge in [0.2, 0.25) is 5.91 Å². The van der Waals surface area contributed by atoms with E-state index in [9.17, 15) is 4.79 Å². The minimum atomic E-state index is 0.0662. The van der Waals surface area contributed by atoms with Gasteiger partial charge in [0.15, 0.2) is 0 Å². The highest BCUT2D eigenvalue weighted by atomic mass is 16.2. The van der Waals surface area contributed by atoms with E-state index in [1.54, 1.807) is 0 Å². The van der Waals surface area contributed by atoms with Crippen LogP contribution in [-0.4, -0.2) is 23.4 Å². The first-order valence-electron chi connectivity index (χ1n) is 8.18. The van der Waals surface area contributed by atoms with E-state index in [1.165, 1.54) is 29.5 Å². The zero-order valence-electron chi connectivity index (χ0n) is 13.4. The maximum absolute atomic E-state index is 12.4.